The molecule has 2 heterocycles. The van der Waals surface area contributed by atoms with E-state index < -0.39 is 0 Å². The van der Waals surface area contributed by atoms with Gasteiger partial charge in [-0.25, -0.2) is 0 Å². The number of rotatable bonds is 2. The van der Waals surface area contributed by atoms with Gasteiger partial charge in [0.1, 0.15) is 5.75 Å². The van der Waals surface area contributed by atoms with Gasteiger partial charge in [0, 0.05) is 6.04 Å². The van der Waals surface area contributed by atoms with Crippen LogP contribution >= 0.6 is 0 Å². The molecular formula is C18H27NO. The molecule has 2 atom stereocenters. The molecule has 110 valence electrons. The van der Waals surface area contributed by atoms with Crippen molar-refractivity contribution in [3.8, 4) is 5.75 Å². The number of fused-ring (bicyclic) bond motifs is 1. The molecule has 0 aromatic heterocycles. The average molecular weight is 273 g/mol. The average Bonchev–Trinajstić information content (AvgIpc) is 2.46. The fraction of sp³-hybridized carbons (Fsp3) is 0.667. The third-order valence-corrected chi connectivity index (χ3v) is 5.12. The number of hydrogen-bond acceptors (Lipinski definition) is 2. The smallest absolute Gasteiger partial charge is 0.122 e. The van der Waals surface area contributed by atoms with Crippen molar-refractivity contribution in [2.24, 2.45) is 11.8 Å². The Balaban J connectivity index is 1.80. The topological polar surface area (TPSA) is 12.5 Å². The van der Waals surface area contributed by atoms with Crippen LogP contribution in [-0.4, -0.2) is 25.1 Å². The summed E-state index contributed by atoms with van der Waals surface area (Å²) in [5.74, 6) is 2.51. The Morgan fingerprint density at radius 1 is 1.25 bits per heavy atom. The third kappa shape index (κ3) is 2.71. The first-order valence-corrected chi connectivity index (χ1v) is 8.11. The molecule has 2 aliphatic rings. The van der Waals surface area contributed by atoms with E-state index in [4.69, 9.17) is 4.74 Å². The van der Waals surface area contributed by atoms with Gasteiger partial charge in [0.15, 0.2) is 0 Å². The number of benzene rings is 1. The van der Waals surface area contributed by atoms with E-state index in [9.17, 15) is 0 Å². The second-order valence-corrected chi connectivity index (χ2v) is 6.88. The fourth-order valence-corrected chi connectivity index (χ4v) is 3.54. The second kappa shape index (κ2) is 5.77. The highest BCUT2D eigenvalue weighted by atomic mass is 16.5. The summed E-state index contributed by atoms with van der Waals surface area (Å²) in [5, 5.41) is 0. The molecule has 1 fully saturated rings. The van der Waals surface area contributed by atoms with Crippen molar-refractivity contribution in [3.63, 3.8) is 0 Å². The lowest BCUT2D eigenvalue weighted by Crippen LogP contribution is -2.30. The zero-order chi connectivity index (χ0) is 14.1. The van der Waals surface area contributed by atoms with Gasteiger partial charge < -0.3 is 4.74 Å². The summed E-state index contributed by atoms with van der Waals surface area (Å²) >= 11 is 0. The molecule has 0 radical (unpaired) electrons. The second-order valence-electron chi connectivity index (χ2n) is 6.88. The van der Waals surface area contributed by atoms with Crippen LogP contribution in [0.15, 0.2) is 18.2 Å². The fourth-order valence-electron chi connectivity index (χ4n) is 3.54. The molecule has 2 unspecified atom stereocenters. The molecular weight excluding hydrogens is 246 g/mol. The molecule has 1 saturated heterocycles. The minimum Gasteiger partial charge on any atom is -0.493 e. The van der Waals surface area contributed by atoms with Gasteiger partial charge >= 0.3 is 0 Å². The van der Waals surface area contributed by atoms with Crippen molar-refractivity contribution in [2.45, 2.75) is 45.6 Å². The van der Waals surface area contributed by atoms with Gasteiger partial charge in [-0.15, -0.1) is 0 Å². The third-order valence-electron chi connectivity index (χ3n) is 5.12. The lowest BCUT2D eigenvalue weighted by atomic mass is 9.86. The van der Waals surface area contributed by atoms with Gasteiger partial charge in [0.25, 0.3) is 0 Å². The Hall–Kier alpha value is -1.02. The van der Waals surface area contributed by atoms with Gasteiger partial charge in [-0.05, 0) is 61.9 Å². The van der Waals surface area contributed by atoms with E-state index in [0.29, 0.717) is 17.9 Å². The van der Waals surface area contributed by atoms with Crippen molar-refractivity contribution in [2.75, 3.05) is 20.2 Å². The number of nitrogens with zero attached hydrogens (tertiary/aromatic N) is 1. The molecule has 2 nitrogen and oxygen atoms in total. The summed E-state index contributed by atoms with van der Waals surface area (Å²) in [6.45, 7) is 6.70. The number of piperidine rings is 1. The molecule has 20 heavy (non-hydrogen) atoms. The quantitative estimate of drug-likeness (QED) is 0.806. The van der Waals surface area contributed by atoms with E-state index in [1.165, 1.54) is 43.4 Å². The zero-order valence-electron chi connectivity index (χ0n) is 13.1. The summed E-state index contributed by atoms with van der Waals surface area (Å²) in [6, 6.07) is 7.53. The summed E-state index contributed by atoms with van der Waals surface area (Å²) in [5.41, 5.74) is 2.84. The van der Waals surface area contributed by atoms with Crippen LogP contribution in [0.5, 0.6) is 5.75 Å². The Kier molecular flexibility index (Phi) is 4.02. The van der Waals surface area contributed by atoms with Crippen LogP contribution in [0.2, 0.25) is 0 Å². The number of likely N-dealkylation sites (tertiary alicyclic amines) is 1. The number of hydrogen-bond donors (Lipinski definition) is 0. The Bertz CT molecular complexity index is 468. The van der Waals surface area contributed by atoms with Gasteiger partial charge in [0.05, 0.1) is 6.61 Å². The standard InChI is InChI=1S/C18H27NO/c1-13(2)16-10-15-8-7-14(11-18(15)20-12-16)17-6-4-5-9-19(17)3/h7-8,11,13,16-17H,4-6,9-10,12H2,1-3H3. The predicted octanol–water partition coefficient (Wildman–Crippen LogP) is 4.05. The maximum absolute atomic E-state index is 6.05. The lowest BCUT2D eigenvalue weighted by molar-refractivity contribution is 0.178. The molecule has 0 bridgehead atoms. The molecule has 0 saturated carbocycles. The highest BCUT2D eigenvalue weighted by Gasteiger charge is 2.25. The van der Waals surface area contributed by atoms with Gasteiger partial charge in [-0.2, -0.15) is 0 Å². The highest BCUT2D eigenvalue weighted by Crippen LogP contribution is 2.36. The molecule has 3 rings (SSSR count). The largest absolute Gasteiger partial charge is 0.493 e. The Morgan fingerprint density at radius 2 is 2.10 bits per heavy atom. The van der Waals surface area contributed by atoms with Crippen LogP contribution in [0.4, 0.5) is 0 Å². The molecule has 0 N–H and O–H groups in total. The molecule has 1 aromatic carbocycles. The van der Waals surface area contributed by atoms with Crippen LogP contribution in [-0.2, 0) is 6.42 Å². The Labute approximate surface area is 123 Å². The normalized spacial score (nSPS) is 27.2. The molecule has 2 heteroatoms. The van der Waals surface area contributed by atoms with Crippen LogP contribution < -0.4 is 4.74 Å². The van der Waals surface area contributed by atoms with Crippen molar-refractivity contribution in [3.05, 3.63) is 29.3 Å². The van der Waals surface area contributed by atoms with Crippen molar-refractivity contribution >= 4 is 0 Å². The maximum atomic E-state index is 6.05. The van der Waals surface area contributed by atoms with Crippen LogP contribution in [0.3, 0.4) is 0 Å². The summed E-state index contributed by atoms with van der Waals surface area (Å²) in [6.07, 6.45) is 5.14. The van der Waals surface area contributed by atoms with E-state index >= 15 is 0 Å². The van der Waals surface area contributed by atoms with Gasteiger partial charge in [-0.3, -0.25) is 4.90 Å². The van der Waals surface area contributed by atoms with Gasteiger partial charge in [-0.1, -0.05) is 32.4 Å². The minimum absolute atomic E-state index is 0.584. The molecule has 2 aliphatic heterocycles. The van der Waals surface area contributed by atoms with Crippen LogP contribution in [0, 0.1) is 11.8 Å². The van der Waals surface area contributed by atoms with Crippen molar-refractivity contribution in [1.82, 2.24) is 4.90 Å². The first-order valence-electron chi connectivity index (χ1n) is 8.11. The first kappa shape index (κ1) is 13.9. The van der Waals surface area contributed by atoms with Crippen molar-refractivity contribution < 1.29 is 4.74 Å². The monoisotopic (exact) mass is 273 g/mol. The van der Waals surface area contributed by atoms with Crippen LogP contribution in [0.1, 0.15) is 50.3 Å². The zero-order valence-corrected chi connectivity index (χ0v) is 13.1. The summed E-state index contributed by atoms with van der Waals surface area (Å²) < 4.78 is 6.05. The lowest BCUT2D eigenvalue weighted by Gasteiger charge is -2.34. The highest BCUT2D eigenvalue weighted by molar-refractivity contribution is 5.40. The minimum atomic E-state index is 0.584. The molecule has 0 amide bonds. The number of ether oxygens (including phenoxy) is 1. The maximum Gasteiger partial charge on any atom is 0.122 e. The molecule has 0 aliphatic carbocycles. The summed E-state index contributed by atoms with van der Waals surface area (Å²) in [4.78, 5) is 2.49. The predicted molar refractivity (Wildman–Crippen MR) is 83.2 cm³/mol. The van der Waals surface area contributed by atoms with E-state index in [1.807, 2.05) is 0 Å². The van der Waals surface area contributed by atoms with Gasteiger partial charge in [0.2, 0.25) is 0 Å². The SMILES string of the molecule is CC(C)C1COc2cc(C3CCCCN3C)ccc2C1. The first-order chi connectivity index (χ1) is 9.65. The van der Waals surface area contributed by atoms with Crippen LogP contribution in [0.25, 0.3) is 0 Å². The van der Waals surface area contributed by atoms with Crippen molar-refractivity contribution in [1.29, 1.82) is 0 Å². The van der Waals surface area contributed by atoms with E-state index in [2.05, 4.69) is 44.0 Å². The Morgan fingerprint density at radius 3 is 2.85 bits per heavy atom. The van der Waals surface area contributed by atoms with E-state index in [-0.39, 0.29) is 0 Å². The molecule has 1 aromatic rings. The van der Waals surface area contributed by atoms with E-state index in [1.54, 1.807) is 0 Å². The molecule has 0 spiro atoms. The summed E-state index contributed by atoms with van der Waals surface area (Å²) in [7, 11) is 2.25. The van der Waals surface area contributed by atoms with E-state index in [0.717, 1.165) is 12.4 Å².